The molecule has 86 valence electrons. The van der Waals surface area contributed by atoms with Crippen molar-refractivity contribution in [3.05, 3.63) is 35.9 Å². The van der Waals surface area contributed by atoms with E-state index in [1.54, 1.807) is 0 Å². The van der Waals surface area contributed by atoms with E-state index in [0.29, 0.717) is 12.0 Å². The molecule has 0 N–H and O–H groups in total. The first-order valence-corrected chi connectivity index (χ1v) is 6.15. The van der Waals surface area contributed by atoms with Crippen LogP contribution in [-0.4, -0.2) is 16.9 Å². The summed E-state index contributed by atoms with van der Waals surface area (Å²) in [5.41, 5.74) is 1.61. The summed E-state index contributed by atoms with van der Waals surface area (Å²) in [5, 5.41) is 0. The Hall–Kier alpha value is -0.890. The summed E-state index contributed by atoms with van der Waals surface area (Å²) in [6.45, 7) is 6.81. The van der Waals surface area contributed by atoms with Crippen LogP contribution in [0.2, 0.25) is 0 Å². The van der Waals surface area contributed by atoms with Crippen molar-refractivity contribution in [3.63, 3.8) is 0 Å². The van der Waals surface area contributed by atoms with E-state index in [1.165, 1.54) is 5.56 Å². The van der Waals surface area contributed by atoms with Gasteiger partial charge in [0.25, 0.3) is 0 Å². The number of likely N-dealkylation sites (tertiary alicyclic amines) is 1. The third-order valence-electron chi connectivity index (χ3n) is 3.42. The SMILES string of the molecule is CN1C(=S)[C@@H](C(C)(C)C)[C@@H]1c1ccccc1. The molecular weight excluding hydrogens is 214 g/mol. The lowest BCUT2D eigenvalue weighted by Gasteiger charge is -2.53. The Morgan fingerprint density at radius 3 is 2.19 bits per heavy atom. The summed E-state index contributed by atoms with van der Waals surface area (Å²) in [6.07, 6.45) is 0. The van der Waals surface area contributed by atoms with Crippen LogP contribution in [0.3, 0.4) is 0 Å². The van der Waals surface area contributed by atoms with Gasteiger partial charge in [-0.05, 0) is 11.0 Å². The molecule has 0 unspecified atom stereocenters. The third kappa shape index (κ3) is 1.75. The predicted molar refractivity (Wildman–Crippen MR) is 72.5 cm³/mol. The van der Waals surface area contributed by atoms with Crippen molar-refractivity contribution >= 4 is 17.2 Å². The molecule has 2 atom stereocenters. The lowest BCUT2D eigenvalue weighted by molar-refractivity contribution is 0.119. The fraction of sp³-hybridized carbons (Fsp3) is 0.500. The highest BCUT2D eigenvalue weighted by atomic mass is 32.1. The van der Waals surface area contributed by atoms with Gasteiger partial charge < -0.3 is 4.90 Å². The van der Waals surface area contributed by atoms with E-state index in [0.717, 1.165) is 4.99 Å². The molecule has 1 aliphatic rings. The van der Waals surface area contributed by atoms with Gasteiger partial charge in [0, 0.05) is 13.0 Å². The Morgan fingerprint density at radius 2 is 1.69 bits per heavy atom. The minimum atomic E-state index is 0.240. The van der Waals surface area contributed by atoms with Crippen LogP contribution in [0.4, 0.5) is 0 Å². The van der Waals surface area contributed by atoms with Crippen molar-refractivity contribution in [2.24, 2.45) is 11.3 Å². The maximum Gasteiger partial charge on any atom is 0.0843 e. The minimum absolute atomic E-state index is 0.240. The van der Waals surface area contributed by atoms with Crippen molar-refractivity contribution in [1.29, 1.82) is 0 Å². The molecule has 16 heavy (non-hydrogen) atoms. The zero-order chi connectivity index (χ0) is 11.9. The molecule has 0 aromatic heterocycles. The van der Waals surface area contributed by atoms with Gasteiger partial charge in [-0.1, -0.05) is 63.3 Å². The second-order valence-corrected chi connectivity index (χ2v) is 6.07. The Bertz CT molecular complexity index is 391. The summed E-state index contributed by atoms with van der Waals surface area (Å²) in [5.74, 6) is 0.481. The normalized spacial score (nSPS) is 25.5. The van der Waals surface area contributed by atoms with Gasteiger partial charge in [0.2, 0.25) is 0 Å². The highest BCUT2D eigenvalue weighted by molar-refractivity contribution is 7.80. The summed E-state index contributed by atoms with van der Waals surface area (Å²) in [6, 6.07) is 11.1. The monoisotopic (exact) mass is 233 g/mol. The molecular formula is C14H19NS. The molecule has 0 amide bonds. The van der Waals surface area contributed by atoms with E-state index in [1.807, 2.05) is 0 Å². The van der Waals surface area contributed by atoms with Crippen molar-refractivity contribution < 1.29 is 0 Å². The molecule has 1 aromatic rings. The molecule has 0 aliphatic carbocycles. The smallest absolute Gasteiger partial charge is 0.0843 e. The van der Waals surface area contributed by atoms with E-state index in [-0.39, 0.29) is 5.41 Å². The van der Waals surface area contributed by atoms with Crippen molar-refractivity contribution in [3.8, 4) is 0 Å². The third-order valence-corrected chi connectivity index (χ3v) is 3.96. The van der Waals surface area contributed by atoms with Crippen LogP contribution in [-0.2, 0) is 0 Å². The molecule has 1 saturated heterocycles. The van der Waals surface area contributed by atoms with Gasteiger partial charge in [0.15, 0.2) is 0 Å². The van der Waals surface area contributed by atoms with Crippen LogP contribution >= 0.6 is 12.2 Å². The number of benzene rings is 1. The Balaban J connectivity index is 2.31. The van der Waals surface area contributed by atoms with E-state index in [9.17, 15) is 0 Å². The van der Waals surface area contributed by atoms with Gasteiger partial charge in [-0.2, -0.15) is 0 Å². The molecule has 1 fully saturated rings. The van der Waals surface area contributed by atoms with Crippen LogP contribution in [0.1, 0.15) is 32.4 Å². The van der Waals surface area contributed by atoms with Crippen LogP contribution in [0.5, 0.6) is 0 Å². The van der Waals surface area contributed by atoms with E-state index >= 15 is 0 Å². The number of hydrogen-bond acceptors (Lipinski definition) is 1. The first-order chi connectivity index (χ1) is 7.43. The van der Waals surface area contributed by atoms with Crippen LogP contribution in [0, 0.1) is 11.3 Å². The predicted octanol–water partition coefficient (Wildman–Crippen LogP) is 3.66. The molecule has 0 bridgehead atoms. The van der Waals surface area contributed by atoms with Crippen LogP contribution in [0.15, 0.2) is 30.3 Å². The van der Waals surface area contributed by atoms with Gasteiger partial charge in [0.05, 0.1) is 11.0 Å². The van der Waals surface area contributed by atoms with Gasteiger partial charge in [-0.25, -0.2) is 0 Å². The first kappa shape index (κ1) is 11.6. The molecule has 0 saturated carbocycles. The standard InChI is InChI=1S/C14H19NS/c1-14(2,3)11-12(15(4)13(11)16)10-8-6-5-7-9-10/h5-9,11-12H,1-4H3/t11-,12-/m0/s1. The fourth-order valence-electron chi connectivity index (χ4n) is 2.54. The minimum Gasteiger partial charge on any atom is -0.361 e. The van der Waals surface area contributed by atoms with Crippen molar-refractivity contribution in [1.82, 2.24) is 4.90 Å². The van der Waals surface area contributed by atoms with E-state index in [2.05, 4.69) is 63.1 Å². The van der Waals surface area contributed by atoms with Crippen molar-refractivity contribution in [2.75, 3.05) is 7.05 Å². The fourth-order valence-corrected chi connectivity index (χ4v) is 3.14. The lowest BCUT2D eigenvalue weighted by Crippen LogP contribution is -2.56. The second-order valence-electron chi connectivity index (χ2n) is 5.65. The molecule has 0 radical (unpaired) electrons. The zero-order valence-corrected chi connectivity index (χ0v) is 11.2. The Kier molecular flexibility index (Phi) is 2.79. The number of thiocarbonyl (C=S) groups is 1. The highest BCUT2D eigenvalue weighted by Crippen LogP contribution is 2.48. The zero-order valence-electron chi connectivity index (χ0n) is 10.4. The Labute approximate surface area is 103 Å². The molecule has 0 spiro atoms. The van der Waals surface area contributed by atoms with Gasteiger partial charge in [-0.15, -0.1) is 0 Å². The number of rotatable bonds is 1. The van der Waals surface area contributed by atoms with Crippen LogP contribution in [0.25, 0.3) is 0 Å². The van der Waals surface area contributed by atoms with Gasteiger partial charge in [-0.3, -0.25) is 0 Å². The molecule has 1 nitrogen and oxygen atoms in total. The molecule has 1 aromatic carbocycles. The topological polar surface area (TPSA) is 3.24 Å². The average molecular weight is 233 g/mol. The van der Waals surface area contributed by atoms with E-state index in [4.69, 9.17) is 12.2 Å². The summed E-state index contributed by atoms with van der Waals surface area (Å²) in [7, 11) is 2.10. The molecule has 1 aliphatic heterocycles. The first-order valence-electron chi connectivity index (χ1n) is 5.74. The summed E-state index contributed by atoms with van der Waals surface area (Å²) < 4.78 is 0. The van der Waals surface area contributed by atoms with Gasteiger partial charge in [0.1, 0.15) is 0 Å². The second kappa shape index (κ2) is 3.85. The van der Waals surface area contributed by atoms with Crippen LogP contribution < -0.4 is 0 Å². The summed E-state index contributed by atoms with van der Waals surface area (Å²) >= 11 is 5.48. The molecule has 1 heterocycles. The molecule has 2 rings (SSSR count). The quantitative estimate of drug-likeness (QED) is 0.681. The summed E-state index contributed by atoms with van der Waals surface area (Å²) in [4.78, 5) is 3.32. The maximum atomic E-state index is 5.48. The average Bonchev–Trinajstić information content (AvgIpc) is 2.23. The molecule has 2 heteroatoms. The Morgan fingerprint density at radius 1 is 1.12 bits per heavy atom. The van der Waals surface area contributed by atoms with E-state index < -0.39 is 0 Å². The highest BCUT2D eigenvalue weighted by Gasteiger charge is 2.48. The van der Waals surface area contributed by atoms with Gasteiger partial charge >= 0.3 is 0 Å². The number of hydrogen-bond donors (Lipinski definition) is 0. The largest absolute Gasteiger partial charge is 0.361 e. The van der Waals surface area contributed by atoms with Crippen molar-refractivity contribution in [2.45, 2.75) is 26.8 Å². The maximum absolute atomic E-state index is 5.48. The number of nitrogens with zero attached hydrogens (tertiary/aromatic N) is 1. The lowest BCUT2D eigenvalue weighted by atomic mass is 9.68.